The third-order valence-electron chi connectivity index (χ3n) is 4.45. The monoisotopic (exact) mass is 630 g/mol. The molecule has 0 aromatic carbocycles. The van der Waals surface area contributed by atoms with Gasteiger partial charge in [-0.15, -0.1) is 0 Å². The topological polar surface area (TPSA) is 130 Å². The van der Waals surface area contributed by atoms with Crippen LogP contribution in [0, 0.1) is 17.8 Å². The van der Waals surface area contributed by atoms with Crippen molar-refractivity contribution in [2.45, 2.75) is 60.3 Å². The van der Waals surface area contributed by atoms with Crippen molar-refractivity contribution in [2.24, 2.45) is 17.8 Å². The van der Waals surface area contributed by atoms with Gasteiger partial charge in [-0.2, -0.15) is 10.8 Å². The average molecular weight is 630 g/mol. The number of nitrogens with one attached hydrogen (secondary N) is 2. The zero-order valence-corrected chi connectivity index (χ0v) is 21.9. The summed E-state index contributed by atoms with van der Waals surface area (Å²) in [5.41, 5.74) is 0. The SMILES string of the molecule is C.CC1CC(=O)N(C)C1=O.CNC(=O)C(C)CCC(=O)F.CNC(=O)C(C)CC[C-]=O.[W]. The largest absolute Gasteiger partial charge is 0.542 e. The van der Waals surface area contributed by atoms with Gasteiger partial charge in [0.2, 0.25) is 23.6 Å². The number of carbonyl (C=O) groups excluding carboxylic acids is 6. The molecule has 9 nitrogen and oxygen atoms in total. The van der Waals surface area contributed by atoms with E-state index in [-0.39, 0.29) is 82.7 Å². The summed E-state index contributed by atoms with van der Waals surface area (Å²) in [4.78, 5) is 63.9. The van der Waals surface area contributed by atoms with Crippen molar-refractivity contribution < 1.29 is 54.2 Å². The summed E-state index contributed by atoms with van der Waals surface area (Å²) in [7, 11) is 4.62. The zero-order valence-electron chi connectivity index (χ0n) is 19.0. The van der Waals surface area contributed by atoms with Crippen LogP contribution in [0.1, 0.15) is 60.3 Å². The first-order chi connectivity index (χ1) is 13.9. The number of nitrogens with zero attached hydrogens (tertiary/aromatic N) is 1. The van der Waals surface area contributed by atoms with E-state index >= 15 is 0 Å². The smallest absolute Gasteiger partial charge is 0.301 e. The fraction of sp³-hybridized carbons (Fsp3) is 0.714. The first-order valence-electron chi connectivity index (χ1n) is 9.69. The van der Waals surface area contributed by atoms with Crippen LogP contribution < -0.4 is 10.6 Å². The molecule has 1 aliphatic rings. The molecule has 0 aromatic rings. The van der Waals surface area contributed by atoms with E-state index in [2.05, 4.69) is 10.6 Å². The standard InChI is InChI=1S/C7H12FNO2.C7H12NO2.C6H9NO2.CH4.W/c1-5(7(11)9-2)3-4-6(8)10;1-6(4-3-5-9)7(10)8-2;1-4-3-5(8)7(2)6(4)9;;/h5H,3-4H2,1-2H3,(H,9,11);6H,3-4H2,1-2H3,(H,8,10);4H,3H2,1-2H3;1H4;/q;-1;;;. The van der Waals surface area contributed by atoms with Gasteiger partial charge in [-0.3, -0.25) is 35.2 Å². The third-order valence-corrected chi connectivity index (χ3v) is 4.45. The Bertz CT molecular complexity index is 618. The maximum absolute atomic E-state index is 11.7. The molecule has 32 heavy (non-hydrogen) atoms. The van der Waals surface area contributed by atoms with Gasteiger partial charge in [0.15, 0.2) is 0 Å². The molecule has 186 valence electrons. The summed E-state index contributed by atoms with van der Waals surface area (Å²) in [6.45, 7) is 5.21. The summed E-state index contributed by atoms with van der Waals surface area (Å²) in [6.07, 6.45) is 3.16. The van der Waals surface area contributed by atoms with Crippen LogP contribution in [0.15, 0.2) is 0 Å². The third kappa shape index (κ3) is 16.7. The summed E-state index contributed by atoms with van der Waals surface area (Å²) in [5, 5.41) is 4.92. The average Bonchev–Trinajstić information content (AvgIpc) is 2.94. The molecule has 3 unspecified atom stereocenters. The molecule has 1 saturated heterocycles. The van der Waals surface area contributed by atoms with Gasteiger partial charge in [-0.25, -0.2) is 0 Å². The summed E-state index contributed by atoms with van der Waals surface area (Å²) >= 11 is 0. The van der Waals surface area contributed by atoms with Crippen molar-refractivity contribution in [3.63, 3.8) is 0 Å². The summed E-state index contributed by atoms with van der Waals surface area (Å²) in [6, 6.07) is -1.36. The number of rotatable bonds is 8. The molecule has 4 amide bonds. The Balaban J connectivity index is -0.000000179. The molecule has 0 spiro atoms. The quantitative estimate of drug-likeness (QED) is 0.238. The molecule has 1 rings (SSSR count). The van der Waals surface area contributed by atoms with Crippen LogP contribution in [0.25, 0.3) is 0 Å². The minimum atomic E-state index is -1.36. The first-order valence-corrected chi connectivity index (χ1v) is 9.69. The summed E-state index contributed by atoms with van der Waals surface area (Å²) in [5.74, 6) is -0.761. The van der Waals surface area contributed by atoms with Crippen LogP contribution >= 0.6 is 0 Å². The summed E-state index contributed by atoms with van der Waals surface area (Å²) < 4.78 is 11.7. The Morgan fingerprint density at radius 3 is 1.78 bits per heavy atom. The van der Waals surface area contributed by atoms with Gasteiger partial charge in [-0.1, -0.05) is 34.6 Å². The van der Waals surface area contributed by atoms with Gasteiger partial charge in [0.25, 0.3) is 0 Å². The second-order valence-electron chi connectivity index (χ2n) is 7.00. The van der Waals surface area contributed by atoms with E-state index in [9.17, 15) is 33.2 Å². The Hall–Kier alpha value is -1.96. The minimum absolute atomic E-state index is 0. The van der Waals surface area contributed by atoms with Gasteiger partial charge < -0.3 is 15.4 Å². The fourth-order valence-corrected chi connectivity index (χ4v) is 2.30. The molecule has 2 N–H and O–H groups in total. The number of carbonyl (C=O) groups is 5. The van der Waals surface area contributed by atoms with E-state index in [0.29, 0.717) is 19.3 Å². The molecule has 0 radical (unpaired) electrons. The van der Waals surface area contributed by atoms with Crippen molar-refractivity contribution in [3.05, 3.63) is 0 Å². The van der Waals surface area contributed by atoms with Crippen LogP contribution in [0.5, 0.6) is 0 Å². The first kappa shape index (κ1) is 37.4. The number of halogens is 1. The molecule has 3 atom stereocenters. The molecular weight excluding hydrogens is 593 g/mol. The Kier molecular flexibility index (Phi) is 24.4. The van der Waals surface area contributed by atoms with Gasteiger partial charge in [0.05, 0.1) is 0 Å². The van der Waals surface area contributed by atoms with Gasteiger partial charge in [-0.05, 0) is 6.42 Å². The number of likely N-dealkylation sites (tertiary alicyclic amines) is 1. The molecule has 1 aliphatic heterocycles. The van der Waals surface area contributed by atoms with E-state index in [1.54, 1.807) is 34.1 Å². The van der Waals surface area contributed by atoms with E-state index < -0.39 is 6.04 Å². The molecule has 0 saturated carbocycles. The van der Waals surface area contributed by atoms with Crippen LogP contribution in [-0.2, 0) is 49.8 Å². The number of hydrogen-bond donors (Lipinski definition) is 2. The normalized spacial score (nSPS) is 15.8. The molecule has 0 bridgehead atoms. The van der Waals surface area contributed by atoms with E-state index in [4.69, 9.17) is 0 Å². The molecule has 0 aromatic heterocycles. The van der Waals surface area contributed by atoms with Gasteiger partial charge in [0, 0.05) is 72.8 Å². The number of hydrogen-bond acceptors (Lipinski definition) is 6. The van der Waals surface area contributed by atoms with Crippen LogP contribution in [0.2, 0.25) is 0 Å². The Labute approximate surface area is 204 Å². The zero-order chi connectivity index (χ0) is 23.9. The molecular formula is C21H37FN3O6W-. The molecule has 1 fully saturated rings. The maximum Gasteiger partial charge on any atom is 0.301 e. The predicted molar refractivity (Wildman–Crippen MR) is 115 cm³/mol. The number of imide groups is 1. The fourth-order valence-electron chi connectivity index (χ4n) is 2.30. The maximum atomic E-state index is 11.7. The van der Waals surface area contributed by atoms with Crippen molar-refractivity contribution in [2.75, 3.05) is 21.1 Å². The van der Waals surface area contributed by atoms with Gasteiger partial charge in [0.1, 0.15) is 0 Å². The van der Waals surface area contributed by atoms with Crippen LogP contribution in [-0.4, -0.2) is 62.0 Å². The van der Waals surface area contributed by atoms with E-state index in [0.717, 1.165) is 0 Å². The van der Waals surface area contributed by atoms with Crippen molar-refractivity contribution in [3.8, 4) is 0 Å². The number of amides is 4. The minimum Gasteiger partial charge on any atom is -0.542 e. The Morgan fingerprint density at radius 1 is 1.09 bits per heavy atom. The molecule has 0 aliphatic carbocycles. The van der Waals surface area contributed by atoms with Crippen LogP contribution in [0.4, 0.5) is 4.39 Å². The second-order valence-corrected chi connectivity index (χ2v) is 7.00. The van der Waals surface area contributed by atoms with Crippen molar-refractivity contribution in [1.29, 1.82) is 0 Å². The predicted octanol–water partition coefficient (Wildman–Crippen LogP) is 1.55. The van der Waals surface area contributed by atoms with Crippen molar-refractivity contribution in [1.82, 2.24) is 15.5 Å². The second kappa shape index (κ2) is 20.9. The van der Waals surface area contributed by atoms with Gasteiger partial charge >= 0.3 is 6.04 Å². The van der Waals surface area contributed by atoms with Crippen LogP contribution in [0.3, 0.4) is 0 Å². The van der Waals surface area contributed by atoms with Crippen molar-refractivity contribution >= 4 is 36.0 Å². The van der Waals surface area contributed by atoms with E-state index in [1.807, 2.05) is 0 Å². The molecule has 11 heteroatoms. The van der Waals surface area contributed by atoms with E-state index in [1.165, 1.54) is 19.0 Å². The molecule has 1 heterocycles. The Morgan fingerprint density at radius 2 is 1.53 bits per heavy atom.